The summed E-state index contributed by atoms with van der Waals surface area (Å²) < 4.78 is 29.7. The first-order chi connectivity index (χ1) is 15.3. The fourth-order valence-electron chi connectivity index (χ4n) is 3.79. The first-order valence-corrected chi connectivity index (χ1v) is 13.8. The van der Waals surface area contributed by atoms with Crippen molar-refractivity contribution in [1.29, 1.82) is 0 Å². The summed E-state index contributed by atoms with van der Waals surface area (Å²) in [6.45, 7) is 5.21. The van der Waals surface area contributed by atoms with Crippen LogP contribution in [-0.2, 0) is 16.6 Å². The number of sulfonamides is 1. The number of hydrogen-bond acceptors (Lipinski definition) is 6. The Labute approximate surface area is 197 Å². The monoisotopic (exact) mass is 490 g/mol. The van der Waals surface area contributed by atoms with E-state index in [1.165, 1.54) is 15.6 Å². The van der Waals surface area contributed by atoms with E-state index in [1.807, 2.05) is 48.9 Å². The molecule has 0 spiro atoms. The molecule has 170 valence electrons. The minimum atomic E-state index is -3.68. The van der Waals surface area contributed by atoms with Crippen LogP contribution in [0.2, 0.25) is 0 Å². The molecule has 3 aromatic rings. The summed E-state index contributed by atoms with van der Waals surface area (Å²) >= 11 is 2.92. The number of rotatable bonds is 6. The van der Waals surface area contributed by atoms with Crippen LogP contribution in [0.25, 0.3) is 5.69 Å². The number of aryl methyl sites for hydroxylation is 1. The van der Waals surface area contributed by atoms with Crippen LogP contribution in [0, 0.1) is 13.8 Å². The highest BCUT2D eigenvalue weighted by Crippen LogP contribution is 2.29. The Hall–Kier alpha value is -2.14. The number of carbonyl (C=O) groups excluding carboxylic acids is 1. The quantitative estimate of drug-likeness (QED) is 0.528. The fourth-order valence-corrected chi connectivity index (χ4v) is 7.75. The number of aromatic nitrogens is 2. The molecule has 1 saturated heterocycles. The molecule has 1 amide bonds. The number of amides is 1. The van der Waals surface area contributed by atoms with E-state index >= 15 is 0 Å². The van der Waals surface area contributed by atoms with Crippen LogP contribution in [0.5, 0.6) is 0 Å². The zero-order valence-electron chi connectivity index (χ0n) is 18.3. The number of thiophene rings is 1. The zero-order chi connectivity index (χ0) is 22.9. The molecule has 0 atom stereocenters. The number of hydrogen-bond donors (Lipinski definition) is 0. The lowest BCUT2D eigenvalue weighted by Gasteiger charge is -2.26. The van der Waals surface area contributed by atoms with Gasteiger partial charge in [-0.1, -0.05) is 18.2 Å². The van der Waals surface area contributed by atoms with Gasteiger partial charge in [-0.2, -0.15) is 21.2 Å². The molecule has 0 N–H and O–H groups in total. The lowest BCUT2D eigenvalue weighted by Crippen LogP contribution is -2.38. The van der Waals surface area contributed by atoms with Crippen LogP contribution < -0.4 is 0 Å². The largest absolute Gasteiger partial charge is 0.337 e. The van der Waals surface area contributed by atoms with Crippen molar-refractivity contribution in [2.75, 3.05) is 31.6 Å². The van der Waals surface area contributed by atoms with Gasteiger partial charge in [-0.15, -0.1) is 11.3 Å². The Kier molecular flexibility index (Phi) is 6.75. The third-order valence-corrected chi connectivity index (χ3v) is 9.51. The molecule has 7 nitrogen and oxygen atoms in total. The van der Waals surface area contributed by atoms with Crippen LogP contribution in [-0.4, -0.2) is 65.0 Å². The highest BCUT2D eigenvalue weighted by atomic mass is 32.2. The van der Waals surface area contributed by atoms with Crippen LogP contribution in [0.15, 0.2) is 46.7 Å². The number of para-hydroxylation sites is 1. The molecule has 0 radical (unpaired) electrons. The van der Waals surface area contributed by atoms with Crippen LogP contribution in [0.4, 0.5) is 0 Å². The van der Waals surface area contributed by atoms with Crippen molar-refractivity contribution in [2.24, 2.45) is 0 Å². The first kappa shape index (κ1) is 23.0. The van der Waals surface area contributed by atoms with Crippen LogP contribution in [0.3, 0.4) is 0 Å². The number of thioether (sulfide) groups is 1. The molecule has 1 fully saturated rings. The molecule has 0 aliphatic carbocycles. The van der Waals surface area contributed by atoms with Gasteiger partial charge in [0.25, 0.3) is 5.91 Å². The van der Waals surface area contributed by atoms with Crippen molar-refractivity contribution in [1.82, 2.24) is 19.0 Å². The predicted molar refractivity (Wildman–Crippen MR) is 129 cm³/mol. The highest BCUT2D eigenvalue weighted by molar-refractivity contribution is 7.99. The van der Waals surface area contributed by atoms with E-state index in [0.29, 0.717) is 19.6 Å². The SMILES string of the molecule is Cc1nn(-c2ccccc2)c(C)c1CN(C)C(=O)c1sccc1S(=O)(=O)N1CCSCC1. The van der Waals surface area contributed by atoms with Crippen molar-refractivity contribution >= 4 is 39.0 Å². The van der Waals surface area contributed by atoms with Crippen molar-refractivity contribution in [3.8, 4) is 5.69 Å². The minimum Gasteiger partial charge on any atom is -0.337 e. The maximum atomic E-state index is 13.3. The molecular formula is C22H26N4O3S3. The van der Waals surface area contributed by atoms with E-state index in [4.69, 9.17) is 0 Å². The first-order valence-electron chi connectivity index (χ1n) is 10.3. The summed E-state index contributed by atoms with van der Waals surface area (Å²) in [6, 6.07) is 11.4. The van der Waals surface area contributed by atoms with Crippen molar-refractivity contribution < 1.29 is 13.2 Å². The average molecular weight is 491 g/mol. The summed E-state index contributed by atoms with van der Waals surface area (Å²) in [5.74, 6) is 1.25. The summed E-state index contributed by atoms with van der Waals surface area (Å²) in [4.78, 5) is 15.2. The number of benzene rings is 1. The zero-order valence-corrected chi connectivity index (χ0v) is 20.8. The minimum absolute atomic E-state index is 0.111. The molecule has 32 heavy (non-hydrogen) atoms. The van der Waals surface area contributed by atoms with Crippen LogP contribution in [0.1, 0.15) is 26.6 Å². The molecule has 1 aromatic carbocycles. The number of carbonyl (C=O) groups is 1. The van der Waals surface area contributed by atoms with Gasteiger partial charge in [0, 0.05) is 49.4 Å². The Bertz CT molecular complexity index is 1210. The molecule has 0 saturated carbocycles. The second-order valence-corrected chi connectivity index (χ2v) is 11.7. The third kappa shape index (κ3) is 4.36. The van der Waals surface area contributed by atoms with Gasteiger partial charge in [-0.25, -0.2) is 13.1 Å². The average Bonchev–Trinajstić information content (AvgIpc) is 3.41. The van der Waals surface area contributed by atoms with E-state index in [2.05, 4.69) is 5.10 Å². The van der Waals surface area contributed by atoms with Crippen molar-refractivity contribution in [3.05, 3.63) is 63.6 Å². The van der Waals surface area contributed by atoms with Gasteiger partial charge in [0.1, 0.15) is 9.77 Å². The molecule has 4 rings (SSSR count). The maximum absolute atomic E-state index is 13.3. The van der Waals surface area contributed by atoms with E-state index in [1.54, 1.807) is 35.2 Å². The smallest absolute Gasteiger partial charge is 0.265 e. The fraction of sp³-hybridized carbons (Fsp3) is 0.364. The van der Waals surface area contributed by atoms with Gasteiger partial charge in [-0.3, -0.25) is 4.79 Å². The standard InChI is InChI=1S/C22H26N4O3S3/c1-16-19(17(2)26(23-16)18-7-5-4-6-8-18)15-24(3)22(27)21-20(9-12-31-21)32(28,29)25-10-13-30-14-11-25/h4-9,12H,10-11,13-15H2,1-3H3. The molecule has 3 heterocycles. The molecule has 0 unspecified atom stereocenters. The highest BCUT2D eigenvalue weighted by Gasteiger charge is 2.32. The van der Waals surface area contributed by atoms with Crippen molar-refractivity contribution in [3.63, 3.8) is 0 Å². The maximum Gasteiger partial charge on any atom is 0.265 e. The lowest BCUT2D eigenvalue weighted by molar-refractivity contribution is 0.0786. The van der Waals surface area contributed by atoms with Gasteiger partial charge in [-0.05, 0) is 37.4 Å². The molecule has 0 bridgehead atoms. The molecule has 2 aromatic heterocycles. The van der Waals surface area contributed by atoms with Crippen molar-refractivity contribution in [2.45, 2.75) is 25.3 Å². The summed E-state index contributed by atoms with van der Waals surface area (Å²) in [5, 5.41) is 6.33. The lowest BCUT2D eigenvalue weighted by atomic mass is 10.2. The topological polar surface area (TPSA) is 75.5 Å². The Morgan fingerprint density at radius 2 is 1.81 bits per heavy atom. The molecule has 1 aliphatic heterocycles. The van der Waals surface area contributed by atoms with E-state index in [-0.39, 0.29) is 15.7 Å². The Morgan fingerprint density at radius 1 is 1.12 bits per heavy atom. The van der Waals surface area contributed by atoms with Crippen LogP contribution >= 0.6 is 23.1 Å². The summed E-state index contributed by atoms with van der Waals surface area (Å²) in [6.07, 6.45) is 0. The second kappa shape index (κ2) is 9.38. The Balaban J connectivity index is 1.58. The summed E-state index contributed by atoms with van der Waals surface area (Å²) in [5.41, 5.74) is 3.72. The van der Waals surface area contributed by atoms with E-state index < -0.39 is 10.0 Å². The third-order valence-electron chi connectivity index (χ3n) is 5.60. The summed E-state index contributed by atoms with van der Waals surface area (Å²) in [7, 11) is -1.98. The molecular weight excluding hydrogens is 464 g/mol. The second-order valence-electron chi connectivity index (χ2n) is 7.69. The van der Waals surface area contributed by atoms with Gasteiger partial charge in [0.05, 0.1) is 11.4 Å². The van der Waals surface area contributed by atoms with E-state index in [0.717, 1.165) is 34.1 Å². The van der Waals surface area contributed by atoms with E-state index in [9.17, 15) is 13.2 Å². The van der Waals surface area contributed by atoms with Gasteiger partial charge >= 0.3 is 0 Å². The number of nitrogens with zero attached hydrogens (tertiary/aromatic N) is 4. The normalized spacial score (nSPS) is 15.1. The predicted octanol–water partition coefficient (Wildman–Crippen LogP) is 3.56. The Morgan fingerprint density at radius 3 is 2.50 bits per heavy atom. The van der Waals surface area contributed by atoms with Gasteiger partial charge < -0.3 is 4.90 Å². The molecule has 10 heteroatoms. The molecule has 1 aliphatic rings. The van der Waals surface area contributed by atoms with Gasteiger partial charge in [0.15, 0.2) is 0 Å². The van der Waals surface area contributed by atoms with Gasteiger partial charge in [0.2, 0.25) is 10.0 Å².